The first kappa shape index (κ1) is 14.3. The van der Waals surface area contributed by atoms with Crippen molar-refractivity contribution in [2.24, 2.45) is 0 Å². The molecule has 0 spiro atoms. The third kappa shape index (κ3) is 4.80. The molecule has 106 valence electrons. The maximum atomic E-state index is 12.7. The molecule has 19 heavy (non-hydrogen) atoms. The van der Waals surface area contributed by atoms with Crippen molar-refractivity contribution in [3.05, 3.63) is 30.1 Å². The summed E-state index contributed by atoms with van der Waals surface area (Å²) in [6.07, 6.45) is 1.58. The number of hydrogen-bond acceptors (Lipinski definition) is 3. The van der Waals surface area contributed by atoms with Gasteiger partial charge in [0.05, 0.1) is 18.8 Å². The maximum Gasteiger partial charge on any atom is 0.123 e. The lowest BCUT2D eigenvalue weighted by Crippen LogP contribution is -2.45. The second-order valence-corrected chi connectivity index (χ2v) is 5.17. The van der Waals surface area contributed by atoms with Crippen LogP contribution in [0.15, 0.2) is 24.3 Å². The van der Waals surface area contributed by atoms with E-state index in [9.17, 15) is 4.39 Å². The molecular formula is C15H22FNO2. The van der Waals surface area contributed by atoms with Crippen LogP contribution in [-0.2, 0) is 4.74 Å². The van der Waals surface area contributed by atoms with Gasteiger partial charge in [0.1, 0.15) is 11.6 Å². The Morgan fingerprint density at radius 1 is 1.21 bits per heavy atom. The predicted octanol–water partition coefficient (Wildman–Crippen LogP) is 2.70. The number of hydrogen-bond donors (Lipinski definition) is 0. The van der Waals surface area contributed by atoms with Crippen molar-refractivity contribution in [2.45, 2.75) is 32.5 Å². The molecule has 0 radical (unpaired) electrons. The van der Waals surface area contributed by atoms with E-state index in [4.69, 9.17) is 9.47 Å². The van der Waals surface area contributed by atoms with E-state index in [0.29, 0.717) is 18.8 Å². The van der Waals surface area contributed by atoms with E-state index in [1.165, 1.54) is 12.1 Å². The summed E-state index contributed by atoms with van der Waals surface area (Å²) in [5, 5.41) is 0. The largest absolute Gasteiger partial charge is 0.494 e. The molecule has 2 atom stereocenters. The second kappa shape index (κ2) is 6.87. The zero-order valence-corrected chi connectivity index (χ0v) is 11.6. The highest BCUT2D eigenvalue weighted by Crippen LogP contribution is 2.13. The fourth-order valence-electron chi connectivity index (χ4n) is 2.48. The number of nitrogens with zero attached hydrogens (tertiary/aromatic N) is 1. The molecule has 4 heteroatoms. The van der Waals surface area contributed by atoms with Crippen LogP contribution in [0.3, 0.4) is 0 Å². The van der Waals surface area contributed by atoms with Crippen LogP contribution in [-0.4, -0.2) is 43.3 Å². The molecule has 1 fully saturated rings. The molecule has 0 N–H and O–H groups in total. The van der Waals surface area contributed by atoms with Gasteiger partial charge in [-0.25, -0.2) is 4.39 Å². The van der Waals surface area contributed by atoms with E-state index in [1.54, 1.807) is 12.1 Å². The van der Waals surface area contributed by atoms with E-state index in [-0.39, 0.29) is 5.82 Å². The van der Waals surface area contributed by atoms with Gasteiger partial charge in [0.15, 0.2) is 0 Å². The lowest BCUT2D eigenvalue weighted by Gasteiger charge is -2.35. The first-order valence-corrected chi connectivity index (χ1v) is 6.89. The van der Waals surface area contributed by atoms with Gasteiger partial charge < -0.3 is 9.47 Å². The summed E-state index contributed by atoms with van der Waals surface area (Å²) in [5.41, 5.74) is 0. The number of ether oxygens (including phenoxy) is 2. The van der Waals surface area contributed by atoms with Gasteiger partial charge in [-0.05, 0) is 44.5 Å². The first-order chi connectivity index (χ1) is 9.13. The third-order valence-electron chi connectivity index (χ3n) is 3.20. The minimum absolute atomic E-state index is 0.233. The van der Waals surface area contributed by atoms with Crippen molar-refractivity contribution in [1.29, 1.82) is 0 Å². The van der Waals surface area contributed by atoms with Gasteiger partial charge in [-0.3, -0.25) is 4.90 Å². The summed E-state index contributed by atoms with van der Waals surface area (Å²) >= 11 is 0. The zero-order valence-electron chi connectivity index (χ0n) is 11.6. The standard InChI is InChI=1S/C15H22FNO2/c1-12-10-17(11-13(2)19-12)8-3-9-18-15-6-4-14(16)5-7-15/h4-7,12-13H,3,8-11H2,1-2H3. The van der Waals surface area contributed by atoms with Crippen LogP contribution >= 0.6 is 0 Å². The second-order valence-electron chi connectivity index (χ2n) is 5.17. The number of benzene rings is 1. The Hall–Kier alpha value is -1.13. The summed E-state index contributed by atoms with van der Waals surface area (Å²) in [7, 11) is 0. The summed E-state index contributed by atoms with van der Waals surface area (Å²) in [6, 6.07) is 6.16. The van der Waals surface area contributed by atoms with Gasteiger partial charge in [0.25, 0.3) is 0 Å². The van der Waals surface area contributed by atoms with E-state index in [0.717, 1.165) is 31.8 Å². The fraction of sp³-hybridized carbons (Fsp3) is 0.600. The number of halogens is 1. The molecule has 1 aromatic carbocycles. The van der Waals surface area contributed by atoms with Crippen molar-refractivity contribution < 1.29 is 13.9 Å². The monoisotopic (exact) mass is 267 g/mol. The Labute approximate surface area is 114 Å². The SMILES string of the molecule is CC1CN(CCCOc2ccc(F)cc2)CC(C)O1. The Morgan fingerprint density at radius 2 is 1.84 bits per heavy atom. The molecule has 3 nitrogen and oxygen atoms in total. The molecule has 1 heterocycles. The van der Waals surface area contributed by atoms with Crippen LogP contribution in [0.2, 0.25) is 0 Å². The van der Waals surface area contributed by atoms with Gasteiger partial charge in [0, 0.05) is 19.6 Å². The molecule has 1 saturated heterocycles. The lowest BCUT2D eigenvalue weighted by molar-refractivity contribution is -0.0686. The molecule has 0 aliphatic carbocycles. The van der Waals surface area contributed by atoms with E-state index in [1.807, 2.05) is 0 Å². The minimum atomic E-state index is -0.233. The van der Waals surface area contributed by atoms with Crippen LogP contribution in [0.5, 0.6) is 5.75 Å². The zero-order chi connectivity index (χ0) is 13.7. The average molecular weight is 267 g/mol. The molecule has 0 saturated carbocycles. The van der Waals surface area contributed by atoms with Crippen LogP contribution in [0, 0.1) is 5.82 Å². The van der Waals surface area contributed by atoms with E-state index in [2.05, 4.69) is 18.7 Å². The van der Waals surface area contributed by atoms with Gasteiger partial charge in [-0.15, -0.1) is 0 Å². The predicted molar refractivity (Wildman–Crippen MR) is 73.0 cm³/mol. The molecule has 2 rings (SSSR count). The van der Waals surface area contributed by atoms with Crippen molar-refractivity contribution in [2.75, 3.05) is 26.2 Å². The quantitative estimate of drug-likeness (QED) is 0.766. The van der Waals surface area contributed by atoms with Crippen molar-refractivity contribution in [3.63, 3.8) is 0 Å². The summed E-state index contributed by atoms with van der Waals surface area (Å²) in [6.45, 7) is 7.86. The van der Waals surface area contributed by atoms with E-state index < -0.39 is 0 Å². The van der Waals surface area contributed by atoms with E-state index >= 15 is 0 Å². The van der Waals surface area contributed by atoms with Crippen molar-refractivity contribution >= 4 is 0 Å². The maximum absolute atomic E-state index is 12.7. The van der Waals surface area contributed by atoms with Gasteiger partial charge >= 0.3 is 0 Å². The molecule has 2 unspecified atom stereocenters. The molecule has 0 bridgehead atoms. The van der Waals surface area contributed by atoms with Crippen molar-refractivity contribution in [1.82, 2.24) is 4.90 Å². The van der Waals surface area contributed by atoms with Gasteiger partial charge in [-0.2, -0.15) is 0 Å². The molecule has 1 aliphatic heterocycles. The summed E-state index contributed by atoms with van der Waals surface area (Å²) in [5.74, 6) is 0.494. The molecule has 0 aromatic heterocycles. The molecular weight excluding hydrogens is 245 g/mol. The highest BCUT2D eigenvalue weighted by atomic mass is 19.1. The molecule has 0 amide bonds. The lowest BCUT2D eigenvalue weighted by atomic mass is 10.2. The third-order valence-corrected chi connectivity index (χ3v) is 3.20. The fourth-order valence-corrected chi connectivity index (χ4v) is 2.48. The van der Waals surface area contributed by atoms with Gasteiger partial charge in [0.2, 0.25) is 0 Å². The Balaban J connectivity index is 1.65. The van der Waals surface area contributed by atoms with Crippen molar-refractivity contribution in [3.8, 4) is 5.75 Å². The Bertz CT molecular complexity index is 372. The van der Waals surface area contributed by atoms with Crippen LogP contribution < -0.4 is 4.74 Å². The van der Waals surface area contributed by atoms with Crippen LogP contribution in [0.4, 0.5) is 4.39 Å². The van der Waals surface area contributed by atoms with Crippen LogP contribution in [0.25, 0.3) is 0 Å². The number of morpholine rings is 1. The Morgan fingerprint density at radius 3 is 2.47 bits per heavy atom. The smallest absolute Gasteiger partial charge is 0.123 e. The highest BCUT2D eigenvalue weighted by Gasteiger charge is 2.21. The van der Waals surface area contributed by atoms with Gasteiger partial charge in [-0.1, -0.05) is 0 Å². The normalized spacial score (nSPS) is 24.4. The van der Waals surface area contributed by atoms with Crippen LogP contribution in [0.1, 0.15) is 20.3 Å². The Kier molecular flexibility index (Phi) is 5.16. The topological polar surface area (TPSA) is 21.7 Å². The average Bonchev–Trinajstić information content (AvgIpc) is 2.36. The first-order valence-electron chi connectivity index (χ1n) is 6.89. The summed E-state index contributed by atoms with van der Waals surface area (Å²) in [4.78, 5) is 2.41. The summed E-state index contributed by atoms with van der Waals surface area (Å²) < 4.78 is 24.0. The number of rotatable bonds is 5. The molecule has 1 aliphatic rings. The minimum Gasteiger partial charge on any atom is -0.494 e. The highest BCUT2D eigenvalue weighted by molar-refractivity contribution is 5.21. The molecule has 1 aromatic rings.